The molecular weight excluding hydrogens is 246 g/mol. The van der Waals surface area contributed by atoms with Crippen LogP contribution in [-0.2, 0) is 5.54 Å². The number of piperidine rings is 1. The molecule has 2 aliphatic rings. The van der Waals surface area contributed by atoms with Gasteiger partial charge in [0.2, 0.25) is 0 Å². The van der Waals surface area contributed by atoms with Crippen LogP contribution in [0.3, 0.4) is 0 Å². The van der Waals surface area contributed by atoms with E-state index in [1.54, 1.807) is 5.56 Å². The Morgan fingerprint density at radius 1 is 1.00 bits per heavy atom. The van der Waals surface area contributed by atoms with Crippen LogP contribution >= 0.6 is 0 Å². The highest BCUT2D eigenvalue weighted by molar-refractivity contribution is 5.34. The zero-order valence-electron chi connectivity index (χ0n) is 12.9. The Hall–Kier alpha value is -0.900. The SMILES string of the molecule is Cc1ccccc1C1(N2CCNCC2)CCN(C)CC1. The second kappa shape index (κ2) is 5.84. The predicted octanol–water partition coefficient (Wildman–Crippen LogP) is 1.82. The molecule has 1 aromatic rings. The van der Waals surface area contributed by atoms with Crippen LogP contribution in [0.5, 0.6) is 0 Å². The molecule has 110 valence electrons. The Morgan fingerprint density at radius 3 is 2.30 bits per heavy atom. The van der Waals surface area contributed by atoms with Gasteiger partial charge >= 0.3 is 0 Å². The molecule has 1 aromatic carbocycles. The van der Waals surface area contributed by atoms with Crippen molar-refractivity contribution in [1.82, 2.24) is 15.1 Å². The van der Waals surface area contributed by atoms with E-state index in [2.05, 4.69) is 53.4 Å². The molecule has 20 heavy (non-hydrogen) atoms. The van der Waals surface area contributed by atoms with Gasteiger partial charge in [-0.15, -0.1) is 0 Å². The third-order valence-corrected chi connectivity index (χ3v) is 5.18. The van der Waals surface area contributed by atoms with Crippen molar-refractivity contribution in [3.63, 3.8) is 0 Å². The number of aryl methyl sites for hydroxylation is 1. The highest BCUT2D eigenvalue weighted by Gasteiger charge is 2.41. The van der Waals surface area contributed by atoms with Crippen LogP contribution in [0.4, 0.5) is 0 Å². The number of benzene rings is 1. The first kappa shape index (κ1) is 14.1. The number of hydrogen-bond donors (Lipinski definition) is 1. The smallest absolute Gasteiger partial charge is 0.0488 e. The van der Waals surface area contributed by atoms with Crippen molar-refractivity contribution in [2.45, 2.75) is 25.3 Å². The standard InChI is InChI=1S/C17H27N3/c1-15-5-3-4-6-16(15)17(7-11-19(2)12-8-17)20-13-9-18-10-14-20/h3-6,18H,7-14H2,1-2H3. The van der Waals surface area contributed by atoms with E-state index in [0.29, 0.717) is 0 Å². The summed E-state index contributed by atoms with van der Waals surface area (Å²) in [6.07, 6.45) is 2.52. The van der Waals surface area contributed by atoms with Crippen molar-refractivity contribution in [2.24, 2.45) is 0 Å². The average Bonchev–Trinajstić information content (AvgIpc) is 2.50. The van der Waals surface area contributed by atoms with Crippen LogP contribution in [-0.4, -0.2) is 56.1 Å². The second-order valence-corrected chi connectivity index (χ2v) is 6.39. The Labute approximate surface area is 123 Å². The molecule has 0 atom stereocenters. The lowest BCUT2D eigenvalue weighted by atomic mass is 9.77. The third-order valence-electron chi connectivity index (χ3n) is 5.18. The molecule has 2 aliphatic heterocycles. The van der Waals surface area contributed by atoms with Crippen molar-refractivity contribution >= 4 is 0 Å². The van der Waals surface area contributed by atoms with Crippen molar-refractivity contribution in [3.8, 4) is 0 Å². The summed E-state index contributed by atoms with van der Waals surface area (Å²) in [5.41, 5.74) is 3.28. The maximum atomic E-state index is 3.49. The van der Waals surface area contributed by atoms with Crippen molar-refractivity contribution in [1.29, 1.82) is 0 Å². The van der Waals surface area contributed by atoms with Crippen molar-refractivity contribution in [2.75, 3.05) is 46.3 Å². The van der Waals surface area contributed by atoms with E-state index in [4.69, 9.17) is 0 Å². The number of likely N-dealkylation sites (tertiary alicyclic amines) is 1. The van der Waals surface area contributed by atoms with E-state index in [1.807, 2.05) is 0 Å². The van der Waals surface area contributed by atoms with Crippen molar-refractivity contribution in [3.05, 3.63) is 35.4 Å². The molecule has 0 spiro atoms. The maximum absolute atomic E-state index is 3.49. The fourth-order valence-corrected chi connectivity index (χ4v) is 3.93. The molecule has 3 nitrogen and oxygen atoms in total. The van der Waals surface area contributed by atoms with Gasteiger partial charge < -0.3 is 10.2 Å². The van der Waals surface area contributed by atoms with Crippen LogP contribution in [0.2, 0.25) is 0 Å². The van der Waals surface area contributed by atoms with E-state index in [9.17, 15) is 0 Å². The largest absolute Gasteiger partial charge is 0.314 e. The quantitative estimate of drug-likeness (QED) is 0.887. The summed E-state index contributed by atoms with van der Waals surface area (Å²) in [5, 5.41) is 3.49. The first-order valence-corrected chi connectivity index (χ1v) is 7.93. The van der Waals surface area contributed by atoms with E-state index in [1.165, 1.54) is 44.6 Å². The minimum absolute atomic E-state index is 0.264. The molecule has 2 heterocycles. The molecule has 3 rings (SSSR count). The maximum Gasteiger partial charge on any atom is 0.0488 e. The first-order chi connectivity index (χ1) is 9.72. The van der Waals surface area contributed by atoms with Gasteiger partial charge in [-0.1, -0.05) is 24.3 Å². The number of hydrogen-bond acceptors (Lipinski definition) is 3. The van der Waals surface area contributed by atoms with Crippen LogP contribution < -0.4 is 5.32 Å². The summed E-state index contributed by atoms with van der Waals surface area (Å²) in [5.74, 6) is 0. The van der Waals surface area contributed by atoms with Crippen molar-refractivity contribution < 1.29 is 0 Å². The molecule has 2 fully saturated rings. The Balaban J connectivity index is 1.97. The summed E-state index contributed by atoms with van der Waals surface area (Å²) in [7, 11) is 2.25. The zero-order chi connectivity index (χ0) is 14.0. The topological polar surface area (TPSA) is 18.5 Å². The molecule has 0 aromatic heterocycles. The Kier molecular flexibility index (Phi) is 4.11. The second-order valence-electron chi connectivity index (χ2n) is 6.39. The van der Waals surface area contributed by atoms with Gasteiger partial charge in [0.15, 0.2) is 0 Å². The Morgan fingerprint density at radius 2 is 1.65 bits per heavy atom. The summed E-state index contributed by atoms with van der Waals surface area (Å²) < 4.78 is 0. The van der Waals surface area contributed by atoms with Gasteiger partial charge in [0.25, 0.3) is 0 Å². The lowest BCUT2D eigenvalue weighted by Gasteiger charge is -2.50. The van der Waals surface area contributed by atoms with Gasteiger partial charge in [-0.25, -0.2) is 0 Å². The highest BCUT2D eigenvalue weighted by Crippen LogP contribution is 2.40. The number of nitrogens with one attached hydrogen (secondary N) is 1. The lowest BCUT2D eigenvalue weighted by molar-refractivity contribution is 0.0150. The molecule has 0 saturated carbocycles. The van der Waals surface area contributed by atoms with Gasteiger partial charge in [0.1, 0.15) is 0 Å². The van der Waals surface area contributed by atoms with Crippen LogP contribution in [0, 0.1) is 6.92 Å². The van der Waals surface area contributed by atoms with Crippen LogP contribution in [0.25, 0.3) is 0 Å². The molecule has 0 unspecified atom stereocenters. The summed E-state index contributed by atoms with van der Waals surface area (Å²) in [6, 6.07) is 9.02. The number of nitrogens with zero attached hydrogens (tertiary/aromatic N) is 2. The molecule has 0 bridgehead atoms. The first-order valence-electron chi connectivity index (χ1n) is 7.93. The van der Waals surface area contributed by atoms with E-state index in [0.717, 1.165) is 13.1 Å². The lowest BCUT2D eigenvalue weighted by Crippen LogP contribution is -2.58. The van der Waals surface area contributed by atoms with Gasteiger partial charge in [-0.3, -0.25) is 4.90 Å². The van der Waals surface area contributed by atoms with Gasteiger partial charge in [0.05, 0.1) is 0 Å². The number of piperazine rings is 1. The molecule has 3 heteroatoms. The predicted molar refractivity (Wildman–Crippen MR) is 84.0 cm³/mol. The monoisotopic (exact) mass is 273 g/mol. The Bertz CT molecular complexity index is 443. The van der Waals surface area contributed by atoms with E-state index < -0.39 is 0 Å². The van der Waals surface area contributed by atoms with E-state index >= 15 is 0 Å². The summed E-state index contributed by atoms with van der Waals surface area (Å²) >= 11 is 0. The summed E-state index contributed by atoms with van der Waals surface area (Å²) in [6.45, 7) is 9.30. The minimum Gasteiger partial charge on any atom is -0.314 e. The molecule has 2 saturated heterocycles. The fourth-order valence-electron chi connectivity index (χ4n) is 3.93. The molecular formula is C17H27N3. The van der Waals surface area contributed by atoms with Gasteiger partial charge in [-0.2, -0.15) is 0 Å². The van der Waals surface area contributed by atoms with Gasteiger partial charge in [-0.05, 0) is 51.0 Å². The summed E-state index contributed by atoms with van der Waals surface area (Å²) in [4.78, 5) is 5.22. The minimum atomic E-state index is 0.264. The molecule has 0 aliphatic carbocycles. The fraction of sp³-hybridized carbons (Fsp3) is 0.647. The molecule has 0 radical (unpaired) electrons. The molecule has 1 N–H and O–H groups in total. The zero-order valence-corrected chi connectivity index (χ0v) is 12.9. The van der Waals surface area contributed by atoms with E-state index in [-0.39, 0.29) is 5.54 Å². The molecule has 0 amide bonds. The van der Waals surface area contributed by atoms with Crippen LogP contribution in [0.1, 0.15) is 24.0 Å². The number of rotatable bonds is 2. The van der Waals surface area contributed by atoms with Gasteiger partial charge in [0, 0.05) is 31.7 Å². The highest BCUT2D eigenvalue weighted by atomic mass is 15.3. The van der Waals surface area contributed by atoms with Crippen LogP contribution in [0.15, 0.2) is 24.3 Å². The average molecular weight is 273 g/mol. The third kappa shape index (κ3) is 2.50. The normalized spacial score (nSPS) is 24.7.